The van der Waals surface area contributed by atoms with Crippen LogP contribution >= 0.6 is 24.0 Å². The summed E-state index contributed by atoms with van der Waals surface area (Å²) in [4.78, 5) is 9.43. The van der Waals surface area contributed by atoms with Crippen LogP contribution in [-0.4, -0.2) is 75.2 Å². The Balaban J connectivity index is 0.00000312. The van der Waals surface area contributed by atoms with Crippen molar-refractivity contribution >= 4 is 29.9 Å². The highest BCUT2D eigenvalue weighted by Gasteiger charge is 2.17. The Bertz CT molecular complexity index is 369. The van der Waals surface area contributed by atoms with E-state index in [1.807, 2.05) is 7.05 Å². The molecule has 2 aliphatic rings. The minimum atomic E-state index is 0. The largest absolute Gasteiger partial charge is 0.356 e. The Labute approximate surface area is 172 Å². The van der Waals surface area contributed by atoms with Crippen molar-refractivity contribution < 1.29 is 0 Å². The van der Waals surface area contributed by atoms with Crippen LogP contribution in [0.5, 0.6) is 0 Å². The van der Waals surface area contributed by atoms with Gasteiger partial charge in [0.05, 0.1) is 0 Å². The van der Waals surface area contributed by atoms with Gasteiger partial charge in [0.15, 0.2) is 5.96 Å². The van der Waals surface area contributed by atoms with Gasteiger partial charge in [-0.2, -0.15) is 0 Å². The smallest absolute Gasteiger partial charge is 0.190 e. The molecule has 6 heteroatoms. The quantitative estimate of drug-likeness (QED) is 0.263. The number of aliphatic imine (C=N–C) groups is 1. The first-order valence-corrected chi connectivity index (χ1v) is 10.1. The zero-order chi connectivity index (χ0) is 17.2. The molecule has 0 saturated carbocycles. The van der Waals surface area contributed by atoms with Gasteiger partial charge in [0, 0.05) is 32.7 Å². The maximum atomic E-state index is 4.35. The summed E-state index contributed by atoms with van der Waals surface area (Å²) >= 11 is 0. The molecule has 0 aromatic rings. The second kappa shape index (κ2) is 13.1. The normalized spacial score (nSPS) is 24.0. The van der Waals surface area contributed by atoms with Gasteiger partial charge in [-0.1, -0.05) is 6.42 Å². The van der Waals surface area contributed by atoms with Gasteiger partial charge in [-0.05, 0) is 78.0 Å². The number of likely N-dealkylation sites (tertiary alicyclic amines) is 2. The van der Waals surface area contributed by atoms with Gasteiger partial charge in [-0.25, -0.2) is 0 Å². The van der Waals surface area contributed by atoms with Crippen LogP contribution in [0.1, 0.15) is 51.9 Å². The second-order valence-electron chi connectivity index (χ2n) is 7.70. The summed E-state index contributed by atoms with van der Waals surface area (Å²) in [6, 6.07) is 0.769. The van der Waals surface area contributed by atoms with Crippen molar-refractivity contribution in [1.29, 1.82) is 0 Å². The first kappa shape index (κ1) is 23.0. The summed E-state index contributed by atoms with van der Waals surface area (Å²) in [6.45, 7) is 9.43. The van der Waals surface area contributed by atoms with E-state index >= 15 is 0 Å². The Kier molecular flexibility index (Phi) is 12.1. The van der Waals surface area contributed by atoms with Gasteiger partial charge in [-0.15, -0.1) is 24.0 Å². The summed E-state index contributed by atoms with van der Waals surface area (Å²) in [5.74, 6) is 1.85. The zero-order valence-electron chi connectivity index (χ0n) is 16.6. The van der Waals surface area contributed by atoms with Crippen LogP contribution in [0.4, 0.5) is 0 Å². The summed E-state index contributed by atoms with van der Waals surface area (Å²) in [5.41, 5.74) is 0. The molecular formula is C19H40IN5. The van der Waals surface area contributed by atoms with E-state index in [1.165, 1.54) is 71.1 Å². The van der Waals surface area contributed by atoms with Crippen LogP contribution < -0.4 is 10.6 Å². The molecule has 1 atom stereocenters. The van der Waals surface area contributed by atoms with Crippen LogP contribution in [-0.2, 0) is 0 Å². The third-order valence-electron chi connectivity index (χ3n) is 5.76. The van der Waals surface area contributed by atoms with E-state index in [9.17, 15) is 0 Å². The number of halogens is 1. The monoisotopic (exact) mass is 465 g/mol. The molecule has 0 spiro atoms. The minimum absolute atomic E-state index is 0. The van der Waals surface area contributed by atoms with Gasteiger partial charge in [0.1, 0.15) is 0 Å². The maximum Gasteiger partial charge on any atom is 0.190 e. The molecule has 5 nitrogen and oxygen atoms in total. The van der Waals surface area contributed by atoms with Gasteiger partial charge >= 0.3 is 0 Å². The molecule has 2 heterocycles. The number of rotatable bonds is 7. The Morgan fingerprint density at radius 3 is 2.44 bits per heavy atom. The minimum Gasteiger partial charge on any atom is -0.356 e. The topological polar surface area (TPSA) is 42.9 Å². The number of nitrogens with one attached hydrogen (secondary N) is 2. The molecule has 0 aromatic carbocycles. The maximum absolute atomic E-state index is 4.35. The zero-order valence-corrected chi connectivity index (χ0v) is 18.9. The van der Waals surface area contributed by atoms with Crippen LogP contribution in [0, 0.1) is 5.92 Å². The number of guanidine groups is 1. The standard InChI is InChI=1S/C19H39N5.HI/c1-17-7-4-5-13-24(17)14-6-11-21-19(20-2)22-12-8-18-9-15-23(3)16-10-18;/h17-18H,4-16H2,1-3H3,(H2,20,21,22);1H. The van der Waals surface area contributed by atoms with Crippen molar-refractivity contribution in [2.24, 2.45) is 10.9 Å². The predicted molar refractivity (Wildman–Crippen MR) is 119 cm³/mol. The van der Waals surface area contributed by atoms with Crippen molar-refractivity contribution in [3.63, 3.8) is 0 Å². The number of piperidine rings is 2. The molecule has 1 unspecified atom stereocenters. The molecule has 0 bridgehead atoms. The lowest BCUT2D eigenvalue weighted by Crippen LogP contribution is -2.42. The van der Waals surface area contributed by atoms with Crippen LogP contribution in [0.2, 0.25) is 0 Å². The molecular weight excluding hydrogens is 425 g/mol. The summed E-state index contributed by atoms with van der Waals surface area (Å²) in [7, 11) is 4.10. The lowest BCUT2D eigenvalue weighted by molar-refractivity contribution is 0.159. The van der Waals surface area contributed by atoms with Crippen molar-refractivity contribution in [3.05, 3.63) is 0 Å². The first-order chi connectivity index (χ1) is 11.7. The molecule has 25 heavy (non-hydrogen) atoms. The highest BCUT2D eigenvalue weighted by Crippen LogP contribution is 2.18. The van der Waals surface area contributed by atoms with Gasteiger partial charge in [-0.3, -0.25) is 4.99 Å². The Hall–Kier alpha value is -0.0800. The fourth-order valence-corrected chi connectivity index (χ4v) is 3.94. The first-order valence-electron chi connectivity index (χ1n) is 10.1. The summed E-state index contributed by atoms with van der Waals surface area (Å²) in [6.07, 6.45) is 9.30. The lowest BCUT2D eigenvalue weighted by Gasteiger charge is -2.33. The SMILES string of the molecule is CN=C(NCCCN1CCCCC1C)NCCC1CCN(C)CC1.I. The fourth-order valence-electron chi connectivity index (χ4n) is 3.94. The van der Waals surface area contributed by atoms with Crippen LogP contribution in [0.3, 0.4) is 0 Å². The molecule has 2 rings (SSSR count). The molecule has 0 aliphatic carbocycles. The Morgan fingerprint density at radius 2 is 1.76 bits per heavy atom. The second-order valence-corrected chi connectivity index (χ2v) is 7.70. The van der Waals surface area contributed by atoms with E-state index in [-0.39, 0.29) is 24.0 Å². The molecule has 148 valence electrons. The summed E-state index contributed by atoms with van der Waals surface area (Å²) < 4.78 is 0. The Morgan fingerprint density at radius 1 is 1.04 bits per heavy atom. The van der Waals surface area contributed by atoms with E-state index in [0.717, 1.165) is 31.0 Å². The number of hydrogen-bond donors (Lipinski definition) is 2. The highest BCUT2D eigenvalue weighted by atomic mass is 127. The van der Waals surface area contributed by atoms with E-state index in [0.29, 0.717) is 0 Å². The van der Waals surface area contributed by atoms with Crippen LogP contribution in [0.15, 0.2) is 4.99 Å². The third-order valence-corrected chi connectivity index (χ3v) is 5.76. The number of hydrogen-bond acceptors (Lipinski definition) is 3. The average Bonchev–Trinajstić information content (AvgIpc) is 2.60. The van der Waals surface area contributed by atoms with Crippen molar-refractivity contribution in [2.75, 3.05) is 53.4 Å². The van der Waals surface area contributed by atoms with Crippen molar-refractivity contribution in [3.8, 4) is 0 Å². The van der Waals surface area contributed by atoms with E-state index in [2.05, 4.69) is 39.4 Å². The third kappa shape index (κ3) is 8.91. The predicted octanol–water partition coefficient (Wildman–Crippen LogP) is 2.77. The molecule has 2 fully saturated rings. The van der Waals surface area contributed by atoms with Gasteiger partial charge in [0.25, 0.3) is 0 Å². The molecule has 2 N–H and O–H groups in total. The summed E-state index contributed by atoms with van der Waals surface area (Å²) in [5, 5.41) is 6.96. The van der Waals surface area contributed by atoms with Gasteiger partial charge in [0.2, 0.25) is 0 Å². The van der Waals surface area contributed by atoms with Crippen molar-refractivity contribution in [2.45, 2.75) is 57.9 Å². The number of nitrogens with zero attached hydrogens (tertiary/aromatic N) is 3. The lowest BCUT2D eigenvalue weighted by atomic mass is 9.94. The van der Waals surface area contributed by atoms with E-state index < -0.39 is 0 Å². The average molecular weight is 465 g/mol. The molecule has 0 aromatic heterocycles. The molecule has 2 saturated heterocycles. The molecule has 0 radical (unpaired) electrons. The van der Waals surface area contributed by atoms with E-state index in [1.54, 1.807) is 0 Å². The van der Waals surface area contributed by atoms with Gasteiger partial charge < -0.3 is 20.4 Å². The highest BCUT2D eigenvalue weighted by molar-refractivity contribution is 14.0. The van der Waals surface area contributed by atoms with Crippen molar-refractivity contribution in [1.82, 2.24) is 20.4 Å². The molecule has 2 aliphatic heterocycles. The molecule has 0 amide bonds. The van der Waals surface area contributed by atoms with E-state index in [4.69, 9.17) is 0 Å². The van der Waals surface area contributed by atoms with Crippen LogP contribution in [0.25, 0.3) is 0 Å². The fraction of sp³-hybridized carbons (Fsp3) is 0.947.